The Kier molecular flexibility index (Phi) is 7.53. The zero-order chi connectivity index (χ0) is 20.8. The van der Waals surface area contributed by atoms with Crippen molar-refractivity contribution in [3.05, 3.63) is 65.8 Å². The van der Waals surface area contributed by atoms with E-state index in [1.54, 1.807) is 44.4 Å². The molecule has 1 aromatic carbocycles. The van der Waals surface area contributed by atoms with Gasteiger partial charge in [0, 0.05) is 6.42 Å². The van der Waals surface area contributed by atoms with E-state index in [2.05, 4.69) is 13.8 Å². The van der Waals surface area contributed by atoms with Gasteiger partial charge in [-0.3, -0.25) is 0 Å². The summed E-state index contributed by atoms with van der Waals surface area (Å²) in [6.07, 6.45) is 4.10. The molecule has 0 aliphatic carbocycles. The first kappa shape index (κ1) is 22.3. The van der Waals surface area contributed by atoms with E-state index in [0.717, 1.165) is 30.6 Å². The molecule has 1 heterocycles. The van der Waals surface area contributed by atoms with Crippen molar-refractivity contribution in [3.8, 4) is 0 Å². The summed E-state index contributed by atoms with van der Waals surface area (Å²) in [6.45, 7) is 10.0. The minimum atomic E-state index is -3.61. The zero-order valence-electron chi connectivity index (χ0n) is 17.6. The smallest absolute Gasteiger partial charge is 0.190 e. The number of allylic oxidation sites excluding steroid dienone is 1. The molecule has 1 atom stereocenters. The quantitative estimate of drug-likeness (QED) is 0.470. The maximum atomic E-state index is 13.4. The van der Waals surface area contributed by atoms with Crippen LogP contribution in [0.25, 0.3) is 0 Å². The molecule has 0 fully saturated rings. The van der Waals surface area contributed by atoms with Gasteiger partial charge < -0.3 is 9.15 Å². The Hall–Kier alpha value is -2.01. The summed E-state index contributed by atoms with van der Waals surface area (Å²) in [6, 6.07) is 12.5. The summed E-state index contributed by atoms with van der Waals surface area (Å²) in [5.74, 6) is 1.70. The molecule has 1 aromatic heterocycles. The van der Waals surface area contributed by atoms with Crippen LogP contribution in [0.3, 0.4) is 0 Å². The third kappa shape index (κ3) is 4.69. The first-order chi connectivity index (χ1) is 13.3. The molecule has 0 spiro atoms. The van der Waals surface area contributed by atoms with Crippen LogP contribution in [-0.4, -0.2) is 19.8 Å². The van der Waals surface area contributed by atoms with Crippen LogP contribution in [0.1, 0.15) is 53.2 Å². The first-order valence-corrected chi connectivity index (χ1v) is 11.4. The van der Waals surface area contributed by atoms with Gasteiger partial charge in [0.15, 0.2) is 9.84 Å². The van der Waals surface area contributed by atoms with Crippen LogP contribution in [0.15, 0.2) is 69.4 Å². The van der Waals surface area contributed by atoms with Gasteiger partial charge in [-0.05, 0) is 69.4 Å². The van der Waals surface area contributed by atoms with Gasteiger partial charge in [-0.15, -0.1) is 0 Å². The van der Waals surface area contributed by atoms with Gasteiger partial charge in [-0.1, -0.05) is 32.0 Å². The normalized spacial score (nSPS) is 14.5. The summed E-state index contributed by atoms with van der Waals surface area (Å²) in [4.78, 5) is 0.316. The van der Waals surface area contributed by atoms with Crippen LogP contribution < -0.4 is 0 Å². The van der Waals surface area contributed by atoms with Crippen LogP contribution in [-0.2, 0) is 21.0 Å². The highest BCUT2D eigenvalue weighted by atomic mass is 32.2. The molecular formula is C23H32O4S. The Labute approximate surface area is 169 Å². The molecule has 154 valence electrons. The lowest BCUT2D eigenvalue weighted by Crippen LogP contribution is -2.37. The topological polar surface area (TPSA) is 56.5 Å². The Morgan fingerprint density at radius 1 is 1.11 bits per heavy atom. The average Bonchev–Trinajstić information content (AvgIpc) is 3.20. The third-order valence-electron chi connectivity index (χ3n) is 5.23. The molecule has 0 saturated heterocycles. The second-order valence-corrected chi connectivity index (χ2v) is 9.99. The van der Waals surface area contributed by atoms with Crippen molar-refractivity contribution >= 4 is 9.84 Å². The van der Waals surface area contributed by atoms with Crippen molar-refractivity contribution in [1.29, 1.82) is 0 Å². The van der Waals surface area contributed by atoms with Crippen LogP contribution in [0.2, 0.25) is 0 Å². The standard InChI is InChI=1S/C23H32O4S/c1-6-21(18(3)15-16-19-12-11-17-27-19)22(26-7-2)23(4,5)28(24,25)20-13-9-8-10-14-20/h8-14,17-18H,6-7,15-16H2,1-5H3/b22-21+. The van der Waals surface area contributed by atoms with Crippen molar-refractivity contribution in [2.45, 2.75) is 63.5 Å². The molecule has 0 N–H and O–H groups in total. The van der Waals surface area contributed by atoms with Crippen LogP contribution >= 0.6 is 0 Å². The van der Waals surface area contributed by atoms with Gasteiger partial charge in [0.1, 0.15) is 16.3 Å². The number of benzene rings is 1. The van der Waals surface area contributed by atoms with Crippen LogP contribution in [0, 0.1) is 5.92 Å². The lowest BCUT2D eigenvalue weighted by atomic mass is 9.89. The largest absolute Gasteiger partial charge is 0.497 e. The minimum Gasteiger partial charge on any atom is -0.497 e. The number of furan rings is 1. The summed E-state index contributed by atoms with van der Waals surface area (Å²) in [5, 5.41) is 0. The molecule has 0 saturated carbocycles. The fourth-order valence-corrected chi connectivity index (χ4v) is 5.07. The molecular weight excluding hydrogens is 372 g/mol. The first-order valence-electron chi connectivity index (χ1n) is 9.94. The van der Waals surface area contributed by atoms with Crippen LogP contribution in [0.5, 0.6) is 0 Å². The minimum absolute atomic E-state index is 0.182. The predicted molar refractivity (Wildman–Crippen MR) is 113 cm³/mol. The lowest BCUT2D eigenvalue weighted by Gasteiger charge is -2.32. The number of ether oxygens (including phenoxy) is 1. The number of sulfone groups is 1. The highest BCUT2D eigenvalue weighted by Gasteiger charge is 2.42. The fraction of sp³-hybridized carbons (Fsp3) is 0.478. The maximum Gasteiger partial charge on any atom is 0.190 e. The monoisotopic (exact) mass is 404 g/mol. The molecule has 1 unspecified atom stereocenters. The third-order valence-corrected chi connectivity index (χ3v) is 7.65. The molecule has 0 aliphatic rings. The predicted octanol–water partition coefficient (Wildman–Crippen LogP) is 5.80. The molecule has 0 aliphatic heterocycles. The lowest BCUT2D eigenvalue weighted by molar-refractivity contribution is 0.196. The van der Waals surface area contributed by atoms with E-state index in [9.17, 15) is 8.42 Å². The van der Waals surface area contributed by atoms with Crippen molar-refractivity contribution in [3.63, 3.8) is 0 Å². The maximum absolute atomic E-state index is 13.4. The van der Waals surface area contributed by atoms with E-state index in [0.29, 0.717) is 17.3 Å². The van der Waals surface area contributed by atoms with Crippen molar-refractivity contribution in [2.24, 2.45) is 5.92 Å². The molecule has 4 nitrogen and oxygen atoms in total. The van der Waals surface area contributed by atoms with Gasteiger partial charge >= 0.3 is 0 Å². The Morgan fingerprint density at radius 2 is 1.79 bits per heavy atom. The van der Waals surface area contributed by atoms with Crippen LogP contribution in [0.4, 0.5) is 0 Å². The van der Waals surface area contributed by atoms with Crippen molar-refractivity contribution in [2.75, 3.05) is 6.61 Å². The molecule has 2 rings (SSSR count). The van der Waals surface area contributed by atoms with Gasteiger partial charge in [0.25, 0.3) is 0 Å². The summed E-state index contributed by atoms with van der Waals surface area (Å²) < 4.78 is 37.1. The van der Waals surface area contributed by atoms with Gasteiger partial charge in [-0.25, -0.2) is 8.42 Å². The second kappa shape index (κ2) is 9.46. The van der Waals surface area contributed by atoms with Gasteiger partial charge in [0.2, 0.25) is 0 Å². The van der Waals surface area contributed by atoms with Gasteiger partial charge in [0.05, 0.1) is 17.8 Å². The summed E-state index contributed by atoms with van der Waals surface area (Å²) in [5.41, 5.74) is 1.05. The number of hydrogen-bond donors (Lipinski definition) is 0. The Morgan fingerprint density at radius 3 is 2.32 bits per heavy atom. The van der Waals surface area contributed by atoms with E-state index >= 15 is 0 Å². The molecule has 0 radical (unpaired) electrons. The van der Waals surface area contributed by atoms with E-state index in [1.165, 1.54) is 0 Å². The summed E-state index contributed by atoms with van der Waals surface area (Å²) in [7, 11) is -3.61. The van der Waals surface area contributed by atoms with E-state index in [-0.39, 0.29) is 5.92 Å². The molecule has 5 heteroatoms. The molecule has 2 aromatic rings. The fourth-order valence-electron chi connectivity index (χ4n) is 3.53. The number of hydrogen-bond acceptors (Lipinski definition) is 4. The van der Waals surface area contributed by atoms with E-state index in [4.69, 9.17) is 9.15 Å². The molecule has 0 bridgehead atoms. The van der Waals surface area contributed by atoms with E-state index < -0.39 is 14.6 Å². The highest BCUT2D eigenvalue weighted by Crippen LogP contribution is 2.38. The van der Waals surface area contributed by atoms with Crippen molar-refractivity contribution < 1.29 is 17.6 Å². The SMILES string of the molecule is CCO/C(=C(\CC)C(C)CCc1ccco1)C(C)(C)S(=O)(=O)c1ccccc1. The highest BCUT2D eigenvalue weighted by molar-refractivity contribution is 7.93. The number of rotatable bonds is 10. The average molecular weight is 405 g/mol. The van der Waals surface area contributed by atoms with Gasteiger partial charge in [-0.2, -0.15) is 0 Å². The summed E-state index contributed by atoms with van der Waals surface area (Å²) >= 11 is 0. The second-order valence-electron chi connectivity index (χ2n) is 7.49. The zero-order valence-corrected chi connectivity index (χ0v) is 18.4. The molecule has 28 heavy (non-hydrogen) atoms. The van der Waals surface area contributed by atoms with E-state index in [1.807, 2.05) is 25.1 Å². The number of aryl methyl sites for hydroxylation is 1. The van der Waals surface area contributed by atoms with Crippen molar-refractivity contribution in [1.82, 2.24) is 0 Å². The molecule has 0 amide bonds. The Bertz CT molecular complexity index is 863. The Balaban J connectivity index is 2.43.